The smallest absolute Gasteiger partial charge is 0.416 e. The monoisotopic (exact) mass is 493 g/mol. The topological polar surface area (TPSA) is 29.5 Å². The molecule has 0 spiro atoms. The Morgan fingerprint density at radius 3 is 2.21 bits per heavy atom. The Bertz CT molecular complexity index is 974. The fourth-order valence-corrected chi connectivity index (χ4v) is 4.29. The lowest BCUT2D eigenvalue weighted by Gasteiger charge is -2.40. The summed E-state index contributed by atoms with van der Waals surface area (Å²) in [5, 5.41) is 0.172. The number of benzene rings is 2. The zero-order valence-electron chi connectivity index (χ0n) is 17.6. The molecule has 0 N–H and O–H groups in total. The highest BCUT2D eigenvalue weighted by Gasteiger charge is 2.35. The van der Waals surface area contributed by atoms with Crippen molar-refractivity contribution < 1.29 is 35.9 Å². The molecule has 0 aromatic heterocycles. The molecule has 0 radical (unpaired) electrons. The van der Waals surface area contributed by atoms with Gasteiger partial charge in [0.25, 0.3) is 0 Å². The Morgan fingerprint density at radius 1 is 1.03 bits per heavy atom. The van der Waals surface area contributed by atoms with Crippen molar-refractivity contribution in [3.63, 3.8) is 0 Å². The number of hydrogen-bond donors (Lipinski definition) is 0. The number of nitrogens with zero attached hydrogens (tertiary/aromatic N) is 1. The summed E-state index contributed by atoms with van der Waals surface area (Å²) in [5.41, 5.74) is -0.760. The lowest BCUT2D eigenvalue weighted by atomic mass is 9.84. The number of hydrogen-bond acceptors (Lipinski definition) is 3. The summed E-state index contributed by atoms with van der Waals surface area (Å²) >= 11 is 6.17. The van der Waals surface area contributed by atoms with Crippen LogP contribution in [-0.4, -0.2) is 24.5 Å². The van der Waals surface area contributed by atoms with E-state index in [1.807, 2.05) is 4.90 Å². The van der Waals surface area contributed by atoms with Crippen molar-refractivity contribution in [2.75, 3.05) is 13.7 Å². The lowest BCUT2D eigenvalue weighted by Crippen LogP contribution is -2.37. The normalized spacial score (nSPS) is 20.0. The third-order valence-electron chi connectivity index (χ3n) is 5.87. The van der Waals surface area contributed by atoms with Gasteiger partial charge in [-0.25, -0.2) is 0 Å². The van der Waals surface area contributed by atoms with Crippen LogP contribution in [0.1, 0.15) is 47.6 Å². The number of esters is 1. The molecule has 1 saturated heterocycles. The van der Waals surface area contributed by atoms with Crippen molar-refractivity contribution >= 4 is 17.6 Å². The molecule has 1 aliphatic rings. The van der Waals surface area contributed by atoms with Crippen LogP contribution in [0, 0.1) is 5.92 Å². The molecule has 2 atom stereocenters. The fraction of sp³-hybridized carbons (Fsp3) is 0.435. The van der Waals surface area contributed by atoms with E-state index in [1.165, 1.54) is 25.3 Å². The average molecular weight is 494 g/mol. The average Bonchev–Trinajstić information content (AvgIpc) is 2.74. The van der Waals surface area contributed by atoms with Gasteiger partial charge in [-0.05, 0) is 66.8 Å². The van der Waals surface area contributed by atoms with E-state index >= 15 is 0 Å². The molecule has 1 aliphatic heterocycles. The van der Waals surface area contributed by atoms with Gasteiger partial charge in [-0.3, -0.25) is 9.69 Å². The van der Waals surface area contributed by atoms with E-state index in [2.05, 4.69) is 0 Å². The zero-order chi connectivity index (χ0) is 24.4. The summed E-state index contributed by atoms with van der Waals surface area (Å²) in [6.07, 6.45) is -7.82. The quantitative estimate of drug-likeness (QED) is 0.335. The van der Waals surface area contributed by atoms with E-state index in [1.54, 1.807) is 0 Å². The fourth-order valence-electron chi connectivity index (χ4n) is 4.11. The van der Waals surface area contributed by atoms with E-state index in [4.69, 9.17) is 16.3 Å². The van der Waals surface area contributed by atoms with Gasteiger partial charge < -0.3 is 4.74 Å². The maximum absolute atomic E-state index is 13.2. The highest BCUT2D eigenvalue weighted by molar-refractivity contribution is 6.31. The van der Waals surface area contributed by atoms with Gasteiger partial charge in [0.15, 0.2) is 0 Å². The molecule has 180 valence electrons. The largest absolute Gasteiger partial charge is 0.469 e. The SMILES string of the molecule is COC(=O)CC1CCN(Cc2cc(C(F)(F)F)ccc2Cl)C(c2ccc(C(F)(F)F)cc2)C1. The second kappa shape index (κ2) is 9.93. The molecule has 0 amide bonds. The van der Waals surface area contributed by atoms with Crippen LogP contribution in [0.15, 0.2) is 42.5 Å². The van der Waals surface area contributed by atoms with Gasteiger partial charge in [0, 0.05) is 24.0 Å². The number of carbonyl (C=O) groups excluding carboxylic acids is 1. The minimum Gasteiger partial charge on any atom is -0.469 e. The predicted molar refractivity (Wildman–Crippen MR) is 110 cm³/mol. The van der Waals surface area contributed by atoms with Crippen LogP contribution in [0.25, 0.3) is 0 Å². The van der Waals surface area contributed by atoms with Gasteiger partial charge >= 0.3 is 18.3 Å². The summed E-state index contributed by atoms with van der Waals surface area (Å²) in [6.45, 7) is 0.513. The van der Waals surface area contributed by atoms with Crippen LogP contribution >= 0.6 is 11.6 Å². The molecule has 0 saturated carbocycles. The van der Waals surface area contributed by atoms with Crippen molar-refractivity contribution in [3.05, 3.63) is 69.7 Å². The molecule has 10 heteroatoms. The number of methoxy groups -OCH3 is 1. The third-order valence-corrected chi connectivity index (χ3v) is 6.24. The molecule has 3 rings (SSSR count). The lowest BCUT2D eigenvalue weighted by molar-refractivity contribution is -0.142. The molecule has 2 aromatic rings. The van der Waals surface area contributed by atoms with Crippen molar-refractivity contribution in [1.82, 2.24) is 4.90 Å². The number of halogens is 7. The zero-order valence-corrected chi connectivity index (χ0v) is 18.4. The third kappa shape index (κ3) is 6.41. The van der Waals surface area contributed by atoms with Crippen molar-refractivity contribution in [3.8, 4) is 0 Å². The molecular weight excluding hydrogens is 472 g/mol. The number of carbonyl (C=O) groups is 1. The molecule has 2 unspecified atom stereocenters. The number of ether oxygens (including phenoxy) is 1. The highest BCUT2D eigenvalue weighted by Crippen LogP contribution is 2.39. The Hall–Kier alpha value is -2.26. The minimum absolute atomic E-state index is 0.0713. The molecular formula is C23H22ClF6NO2. The standard InChI is InChI=1S/C23H22ClF6NO2/c1-33-21(32)11-14-8-9-31(13-16-12-18(23(28,29)30)6-7-19(16)24)20(10-14)15-2-4-17(5-3-15)22(25,26)27/h2-7,12,14,20H,8-11,13H2,1H3. The van der Waals surface area contributed by atoms with Gasteiger partial charge in [-0.15, -0.1) is 0 Å². The first-order valence-corrected chi connectivity index (χ1v) is 10.6. The predicted octanol–water partition coefficient (Wildman–Crippen LogP) is 6.89. The van der Waals surface area contributed by atoms with Gasteiger partial charge in [-0.2, -0.15) is 26.3 Å². The summed E-state index contributed by atoms with van der Waals surface area (Å²) < 4.78 is 83.2. The number of likely N-dealkylation sites (tertiary alicyclic amines) is 1. The molecule has 2 aromatic carbocycles. The van der Waals surface area contributed by atoms with Crippen molar-refractivity contribution in [2.45, 2.75) is 44.2 Å². The minimum atomic E-state index is -4.53. The van der Waals surface area contributed by atoms with E-state index < -0.39 is 29.5 Å². The van der Waals surface area contributed by atoms with E-state index in [9.17, 15) is 31.1 Å². The number of piperidine rings is 1. The van der Waals surface area contributed by atoms with Crippen LogP contribution in [0.5, 0.6) is 0 Å². The first-order chi connectivity index (χ1) is 15.4. The second-order valence-electron chi connectivity index (χ2n) is 8.08. The Morgan fingerprint density at radius 2 is 1.64 bits per heavy atom. The van der Waals surface area contributed by atoms with Crippen LogP contribution in [0.4, 0.5) is 26.3 Å². The molecule has 33 heavy (non-hydrogen) atoms. The van der Waals surface area contributed by atoms with Gasteiger partial charge in [0.2, 0.25) is 0 Å². The van der Waals surface area contributed by atoms with E-state index in [0.717, 1.165) is 24.3 Å². The van der Waals surface area contributed by atoms with Crippen LogP contribution in [0.2, 0.25) is 5.02 Å². The molecule has 0 aliphatic carbocycles. The van der Waals surface area contributed by atoms with Crippen LogP contribution in [-0.2, 0) is 28.4 Å². The molecule has 1 fully saturated rings. The van der Waals surface area contributed by atoms with Crippen LogP contribution < -0.4 is 0 Å². The van der Waals surface area contributed by atoms with Gasteiger partial charge in [0.05, 0.1) is 18.2 Å². The summed E-state index contributed by atoms with van der Waals surface area (Å²) in [4.78, 5) is 13.6. The Kier molecular flexibility index (Phi) is 7.63. The van der Waals surface area contributed by atoms with Crippen molar-refractivity contribution in [1.29, 1.82) is 0 Å². The van der Waals surface area contributed by atoms with Crippen LogP contribution in [0.3, 0.4) is 0 Å². The van der Waals surface area contributed by atoms with E-state index in [0.29, 0.717) is 24.9 Å². The molecule has 0 bridgehead atoms. The highest BCUT2D eigenvalue weighted by atomic mass is 35.5. The number of alkyl halides is 6. The first-order valence-electron chi connectivity index (χ1n) is 10.2. The maximum atomic E-state index is 13.2. The molecule has 3 nitrogen and oxygen atoms in total. The van der Waals surface area contributed by atoms with Gasteiger partial charge in [-0.1, -0.05) is 23.7 Å². The summed E-state index contributed by atoms with van der Waals surface area (Å²) in [7, 11) is 1.28. The Labute approximate surface area is 192 Å². The first kappa shape index (κ1) is 25.4. The number of rotatable bonds is 5. The second-order valence-corrected chi connectivity index (χ2v) is 8.49. The van der Waals surface area contributed by atoms with Gasteiger partial charge in [0.1, 0.15) is 0 Å². The van der Waals surface area contributed by atoms with Crippen molar-refractivity contribution in [2.24, 2.45) is 5.92 Å². The Balaban J connectivity index is 1.90. The maximum Gasteiger partial charge on any atom is 0.416 e. The summed E-state index contributed by atoms with van der Waals surface area (Å²) in [5.74, 6) is -0.460. The molecule has 1 heterocycles. The van der Waals surface area contributed by atoms with E-state index in [-0.39, 0.29) is 35.4 Å². The summed E-state index contributed by atoms with van der Waals surface area (Å²) in [6, 6.07) is 7.39.